The van der Waals surface area contributed by atoms with Crippen molar-refractivity contribution in [2.75, 3.05) is 33.2 Å². The first-order chi connectivity index (χ1) is 7.67. The summed E-state index contributed by atoms with van der Waals surface area (Å²) in [6, 6.07) is 0. The van der Waals surface area contributed by atoms with Crippen LogP contribution >= 0.6 is 0 Å². The Bertz CT molecular complexity index is 218. The van der Waals surface area contributed by atoms with Crippen molar-refractivity contribution in [2.24, 2.45) is 0 Å². The number of nitrogens with zero attached hydrogens (tertiary/aromatic N) is 2. The summed E-state index contributed by atoms with van der Waals surface area (Å²) < 4.78 is 0. The first-order valence-corrected chi connectivity index (χ1v) is 5.61. The van der Waals surface area contributed by atoms with Crippen LogP contribution in [0, 0.1) is 0 Å². The minimum atomic E-state index is 0.102. The summed E-state index contributed by atoms with van der Waals surface area (Å²) in [7, 11) is 1.78. The standard InChI is InChI=1S/C12H23N3O/c1-5-10-15(11-6-2)14(4)12(16)8-9-13-7-3/h5-6,13H,1-2,7-11H2,3-4H3. The molecule has 0 fully saturated rings. The van der Waals surface area contributed by atoms with Gasteiger partial charge in [-0.2, -0.15) is 0 Å². The van der Waals surface area contributed by atoms with Crippen LogP contribution < -0.4 is 5.32 Å². The molecule has 0 aromatic rings. The van der Waals surface area contributed by atoms with Gasteiger partial charge in [-0.3, -0.25) is 9.80 Å². The number of carbonyl (C=O) groups excluding carboxylic acids is 1. The van der Waals surface area contributed by atoms with Crippen LogP contribution in [0.15, 0.2) is 25.3 Å². The van der Waals surface area contributed by atoms with Gasteiger partial charge in [0.2, 0.25) is 5.91 Å². The normalized spacial score (nSPS) is 10.2. The molecule has 0 unspecified atom stereocenters. The highest BCUT2D eigenvalue weighted by Crippen LogP contribution is 1.98. The van der Waals surface area contributed by atoms with Crippen LogP contribution in [-0.4, -0.2) is 49.2 Å². The Morgan fingerprint density at radius 1 is 1.31 bits per heavy atom. The fraction of sp³-hybridized carbons (Fsp3) is 0.583. The smallest absolute Gasteiger partial charge is 0.237 e. The van der Waals surface area contributed by atoms with E-state index in [4.69, 9.17) is 0 Å². The predicted molar refractivity (Wildman–Crippen MR) is 67.9 cm³/mol. The molecule has 92 valence electrons. The molecule has 0 aliphatic heterocycles. The van der Waals surface area contributed by atoms with Crippen LogP contribution in [0.25, 0.3) is 0 Å². The van der Waals surface area contributed by atoms with E-state index in [2.05, 4.69) is 18.5 Å². The van der Waals surface area contributed by atoms with Gasteiger partial charge in [-0.1, -0.05) is 19.1 Å². The van der Waals surface area contributed by atoms with Crippen molar-refractivity contribution >= 4 is 5.91 Å². The summed E-state index contributed by atoms with van der Waals surface area (Å²) >= 11 is 0. The minimum Gasteiger partial charge on any atom is -0.316 e. The SMILES string of the molecule is C=CCN(CC=C)N(C)C(=O)CCNCC. The predicted octanol–water partition coefficient (Wildman–Crippen LogP) is 1.03. The third-order valence-electron chi connectivity index (χ3n) is 2.23. The van der Waals surface area contributed by atoms with Crippen LogP contribution in [0.1, 0.15) is 13.3 Å². The molecule has 0 aromatic carbocycles. The fourth-order valence-corrected chi connectivity index (χ4v) is 1.31. The quantitative estimate of drug-likeness (QED) is 0.362. The van der Waals surface area contributed by atoms with Crippen molar-refractivity contribution in [3.63, 3.8) is 0 Å². The summed E-state index contributed by atoms with van der Waals surface area (Å²) in [5.74, 6) is 0.102. The van der Waals surface area contributed by atoms with Crippen molar-refractivity contribution in [3.05, 3.63) is 25.3 Å². The monoisotopic (exact) mass is 225 g/mol. The Morgan fingerprint density at radius 3 is 2.31 bits per heavy atom. The molecule has 0 spiro atoms. The molecule has 4 heteroatoms. The summed E-state index contributed by atoms with van der Waals surface area (Å²) in [5, 5.41) is 6.67. The molecular weight excluding hydrogens is 202 g/mol. The van der Waals surface area contributed by atoms with E-state index >= 15 is 0 Å². The summed E-state index contributed by atoms with van der Waals surface area (Å²) in [6.07, 6.45) is 4.06. The number of rotatable bonds is 9. The van der Waals surface area contributed by atoms with Gasteiger partial charge in [-0.25, -0.2) is 5.01 Å². The highest BCUT2D eigenvalue weighted by Gasteiger charge is 2.14. The average Bonchev–Trinajstić information content (AvgIpc) is 2.28. The Kier molecular flexibility index (Phi) is 8.48. The van der Waals surface area contributed by atoms with E-state index in [1.54, 1.807) is 24.2 Å². The molecule has 0 aromatic heterocycles. The lowest BCUT2D eigenvalue weighted by molar-refractivity contribution is -0.143. The zero-order valence-electron chi connectivity index (χ0n) is 10.4. The molecule has 4 nitrogen and oxygen atoms in total. The summed E-state index contributed by atoms with van der Waals surface area (Å²) in [4.78, 5) is 11.8. The molecule has 1 N–H and O–H groups in total. The van der Waals surface area contributed by atoms with E-state index in [9.17, 15) is 4.79 Å². The number of hydrazine groups is 1. The second-order valence-corrected chi connectivity index (χ2v) is 3.47. The lowest BCUT2D eigenvalue weighted by Gasteiger charge is -2.30. The molecule has 16 heavy (non-hydrogen) atoms. The molecular formula is C12H23N3O. The van der Waals surface area contributed by atoms with Gasteiger partial charge in [0.05, 0.1) is 0 Å². The number of amides is 1. The molecule has 0 saturated heterocycles. The molecule has 0 aliphatic rings. The van der Waals surface area contributed by atoms with Crippen molar-refractivity contribution < 1.29 is 4.79 Å². The highest BCUT2D eigenvalue weighted by atomic mass is 16.2. The third-order valence-corrected chi connectivity index (χ3v) is 2.23. The Hall–Kier alpha value is -1.13. The molecule has 1 amide bonds. The molecule has 0 atom stereocenters. The molecule has 0 bridgehead atoms. The lowest BCUT2D eigenvalue weighted by atomic mass is 10.4. The van der Waals surface area contributed by atoms with Crippen LogP contribution in [0.2, 0.25) is 0 Å². The maximum absolute atomic E-state index is 11.8. The molecule has 0 saturated carbocycles. The first kappa shape index (κ1) is 14.9. The van der Waals surface area contributed by atoms with Crippen LogP contribution in [0.5, 0.6) is 0 Å². The Labute approximate surface area is 98.6 Å². The minimum absolute atomic E-state index is 0.102. The third kappa shape index (κ3) is 5.68. The number of hydrogen-bond acceptors (Lipinski definition) is 3. The van der Waals surface area contributed by atoms with Gasteiger partial charge in [0.1, 0.15) is 0 Å². The largest absolute Gasteiger partial charge is 0.316 e. The maximum atomic E-state index is 11.8. The maximum Gasteiger partial charge on any atom is 0.237 e. The van der Waals surface area contributed by atoms with Crippen molar-refractivity contribution in [3.8, 4) is 0 Å². The van der Waals surface area contributed by atoms with E-state index in [1.165, 1.54) is 0 Å². The first-order valence-electron chi connectivity index (χ1n) is 5.61. The van der Waals surface area contributed by atoms with Crippen molar-refractivity contribution in [2.45, 2.75) is 13.3 Å². The van der Waals surface area contributed by atoms with Crippen molar-refractivity contribution in [1.29, 1.82) is 0 Å². The lowest BCUT2D eigenvalue weighted by Crippen LogP contribution is -2.44. The highest BCUT2D eigenvalue weighted by molar-refractivity contribution is 5.75. The van der Waals surface area contributed by atoms with Gasteiger partial charge < -0.3 is 5.32 Å². The molecule has 0 aliphatic carbocycles. The van der Waals surface area contributed by atoms with Gasteiger partial charge in [0, 0.05) is 33.1 Å². The van der Waals surface area contributed by atoms with E-state index in [-0.39, 0.29) is 5.91 Å². The second-order valence-electron chi connectivity index (χ2n) is 3.47. The Morgan fingerprint density at radius 2 is 1.88 bits per heavy atom. The number of nitrogens with one attached hydrogen (secondary N) is 1. The van der Waals surface area contributed by atoms with E-state index < -0.39 is 0 Å². The van der Waals surface area contributed by atoms with Crippen LogP contribution in [0.4, 0.5) is 0 Å². The fourth-order valence-electron chi connectivity index (χ4n) is 1.31. The zero-order valence-corrected chi connectivity index (χ0v) is 10.4. The van der Waals surface area contributed by atoms with Gasteiger partial charge in [0.15, 0.2) is 0 Å². The number of carbonyl (C=O) groups is 1. The van der Waals surface area contributed by atoms with E-state index in [0.717, 1.165) is 13.1 Å². The zero-order chi connectivity index (χ0) is 12.4. The van der Waals surface area contributed by atoms with Gasteiger partial charge >= 0.3 is 0 Å². The van der Waals surface area contributed by atoms with Gasteiger partial charge in [-0.05, 0) is 6.54 Å². The van der Waals surface area contributed by atoms with Crippen LogP contribution in [0.3, 0.4) is 0 Å². The van der Waals surface area contributed by atoms with E-state index in [1.807, 2.05) is 11.9 Å². The molecule has 0 radical (unpaired) electrons. The van der Waals surface area contributed by atoms with Gasteiger partial charge in [0.25, 0.3) is 0 Å². The average molecular weight is 225 g/mol. The number of hydrogen-bond donors (Lipinski definition) is 1. The van der Waals surface area contributed by atoms with Gasteiger partial charge in [-0.15, -0.1) is 13.2 Å². The van der Waals surface area contributed by atoms with Crippen LogP contribution in [-0.2, 0) is 4.79 Å². The second kappa shape index (κ2) is 9.12. The van der Waals surface area contributed by atoms with Crippen molar-refractivity contribution in [1.82, 2.24) is 15.3 Å². The Balaban J connectivity index is 4.13. The summed E-state index contributed by atoms with van der Waals surface area (Å²) in [6.45, 7) is 12.3. The van der Waals surface area contributed by atoms with E-state index in [0.29, 0.717) is 19.5 Å². The molecule has 0 heterocycles. The topological polar surface area (TPSA) is 35.6 Å². The summed E-state index contributed by atoms with van der Waals surface area (Å²) in [5.41, 5.74) is 0. The molecule has 0 rings (SSSR count).